The quantitative estimate of drug-likeness (QED) is 0.548. The van der Waals surface area contributed by atoms with E-state index in [2.05, 4.69) is 26.9 Å². The van der Waals surface area contributed by atoms with Gasteiger partial charge in [0, 0.05) is 42.0 Å². The van der Waals surface area contributed by atoms with Crippen LogP contribution in [0.1, 0.15) is 57.1 Å². The van der Waals surface area contributed by atoms with Gasteiger partial charge in [-0.15, -0.1) is 0 Å². The zero-order chi connectivity index (χ0) is 24.1. The molecule has 2 fully saturated rings. The van der Waals surface area contributed by atoms with Crippen LogP contribution in [-0.2, 0) is 11.2 Å². The third-order valence-corrected chi connectivity index (χ3v) is 7.10. The predicted molar refractivity (Wildman–Crippen MR) is 126 cm³/mol. The minimum absolute atomic E-state index is 0.123. The maximum Gasteiger partial charge on any atom is 0.258 e. The van der Waals surface area contributed by atoms with E-state index in [-0.39, 0.29) is 5.89 Å². The molecule has 3 aromatic rings. The number of aromatic nitrogens is 3. The highest BCUT2D eigenvalue weighted by Crippen LogP contribution is 2.50. The van der Waals surface area contributed by atoms with Crippen LogP contribution in [0.5, 0.6) is 5.75 Å². The Kier molecular flexibility index (Phi) is 5.50. The molecule has 0 bridgehead atoms. The van der Waals surface area contributed by atoms with Crippen molar-refractivity contribution in [3.8, 4) is 17.1 Å². The lowest BCUT2D eigenvalue weighted by molar-refractivity contribution is -0.127. The van der Waals surface area contributed by atoms with Gasteiger partial charge in [0.1, 0.15) is 17.0 Å². The molecule has 0 radical (unpaired) electrons. The number of ether oxygens (including phenoxy) is 1. The van der Waals surface area contributed by atoms with Gasteiger partial charge in [0.25, 0.3) is 5.89 Å². The van der Waals surface area contributed by atoms with Crippen LogP contribution in [-0.4, -0.2) is 56.5 Å². The summed E-state index contributed by atoms with van der Waals surface area (Å²) in [7, 11) is 2.05. The number of nitrogens with zero attached hydrogens (tertiary/aromatic N) is 4. The number of hydrogen-bond donors (Lipinski definition) is 2. The second kappa shape index (κ2) is 8.15. The Morgan fingerprint density at radius 2 is 1.79 bits per heavy atom. The van der Waals surface area contributed by atoms with Crippen molar-refractivity contribution in [2.24, 2.45) is 5.41 Å². The van der Waals surface area contributed by atoms with E-state index >= 15 is 0 Å². The summed E-state index contributed by atoms with van der Waals surface area (Å²) in [6.45, 7) is 6.74. The Balaban J connectivity index is 1.53. The summed E-state index contributed by atoms with van der Waals surface area (Å²) in [5, 5.41) is 26.6. The Hall–Kier alpha value is -2.81. The predicted octanol–water partition coefficient (Wildman–Crippen LogP) is 3.48. The van der Waals surface area contributed by atoms with Gasteiger partial charge in [0.15, 0.2) is 0 Å². The maximum absolute atomic E-state index is 12.4. The van der Waals surface area contributed by atoms with Crippen LogP contribution >= 0.6 is 0 Å². The number of pyridine rings is 1. The number of rotatable bonds is 7. The van der Waals surface area contributed by atoms with Gasteiger partial charge in [-0.3, -0.25) is 4.98 Å². The van der Waals surface area contributed by atoms with Gasteiger partial charge in [-0.05, 0) is 63.9 Å². The molecule has 1 saturated heterocycles. The fourth-order valence-electron chi connectivity index (χ4n) is 5.04. The normalized spacial score (nSPS) is 20.3. The summed E-state index contributed by atoms with van der Waals surface area (Å²) in [6.07, 6.45) is 7.04. The summed E-state index contributed by atoms with van der Waals surface area (Å²) in [5.41, 5.74) is -0.911. The average Bonchev–Trinajstić information content (AvgIpc) is 3.26. The van der Waals surface area contributed by atoms with E-state index in [4.69, 9.17) is 9.26 Å². The van der Waals surface area contributed by atoms with Crippen molar-refractivity contribution in [2.75, 3.05) is 20.1 Å². The van der Waals surface area contributed by atoms with Crippen LogP contribution in [0.15, 0.2) is 47.2 Å². The molecule has 34 heavy (non-hydrogen) atoms. The first-order valence-electron chi connectivity index (χ1n) is 11.8. The molecule has 8 nitrogen and oxygen atoms in total. The zero-order valence-electron chi connectivity index (χ0n) is 20.2. The third kappa shape index (κ3) is 3.89. The largest absolute Gasteiger partial charge is 0.490 e. The van der Waals surface area contributed by atoms with Crippen LogP contribution in [0, 0.1) is 5.41 Å². The molecule has 1 aromatic carbocycles. The summed E-state index contributed by atoms with van der Waals surface area (Å²) in [6, 6.07) is 9.64. The second-order valence-corrected chi connectivity index (χ2v) is 10.6. The molecular weight excluding hydrogens is 432 g/mol. The Bertz CT molecular complexity index is 1160. The molecular formula is C26H32N4O4. The monoisotopic (exact) mass is 464 g/mol. The van der Waals surface area contributed by atoms with E-state index in [1.165, 1.54) is 6.42 Å². The first kappa shape index (κ1) is 23.0. The molecule has 1 aliphatic carbocycles. The third-order valence-electron chi connectivity index (χ3n) is 7.10. The van der Waals surface area contributed by atoms with Crippen LogP contribution < -0.4 is 4.74 Å². The molecule has 8 heteroatoms. The highest BCUT2D eigenvalue weighted by atomic mass is 16.5. The van der Waals surface area contributed by atoms with Gasteiger partial charge in [-0.2, -0.15) is 4.98 Å². The number of hydrogen-bond acceptors (Lipinski definition) is 8. The SMILES string of the molecule is CN1CC(C)(C(O)(c2ccc(OC3CCC3)cc2)c2cncc(-c3noc(C(C)(C)O)n3)c2)C1. The lowest BCUT2D eigenvalue weighted by Crippen LogP contribution is -2.63. The summed E-state index contributed by atoms with van der Waals surface area (Å²) >= 11 is 0. The van der Waals surface area contributed by atoms with Crippen molar-refractivity contribution >= 4 is 0 Å². The molecule has 3 heterocycles. The van der Waals surface area contributed by atoms with E-state index in [9.17, 15) is 10.2 Å². The molecule has 180 valence electrons. The van der Waals surface area contributed by atoms with Crippen LogP contribution in [0.3, 0.4) is 0 Å². The van der Waals surface area contributed by atoms with Gasteiger partial charge in [0.2, 0.25) is 5.82 Å². The molecule has 2 aromatic heterocycles. The van der Waals surface area contributed by atoms with Gasteiger partial charge in [0.05, 0.1) is 6.10 Å². The van der Waals surface area contributed by atoms with Crippen molar-refractivity contribution in [2.45, 2.75) is 57.3 Å². The van der Waals surface area contributed by atoms with Crippen LogP contribution in [0.25, 0.3) is 11.4 Å². The van der Waals surface area contributed by atoms with Gasteiger partial charge in [-0.25, -0.2) is 0 Å². The standard InChI is InChI=1S/C26H32N4O4/c1-24(2,31)23-28-22(29-34-23)17-12-19(14-27-13-17)26(32,25(3)15-30(4)16-25)18-8-10-21(11-9-18)33-20-6-5-7-20/h8-14,20,31-32H,5-7,15-16H2,1-4H3. The zero-order valence-corrected chi connectivity index (χ0v) is 20.2. The molecule has 1 atom stereocenters. The lowest BCUT2D eigenvalue weighted by atomic mass is 9.62. The van der Waals surface area contributed by atoms with Crippen molar-refractivity contribution in [1.82, 2.24) is 20.0 Å². The van der Waals surface area contributed by atoms with Gasteiger partial charge in [-0.1, -0.05) is 24.2 Å². The maximum atomic E-state index is 12.4. The molecule has 5 rings (SSSR count). The topological polar surface area (TPSA) is 105 Å². The van der Waals surface area contributed by atoms with E-state index in [0.717, 1.165) is 37.2 Å². The number of aliphatic hydroxyl groups is 2. The van der Waals surface area contributed by atoms with E-state index < -0.39 is 16.6 Å². The van der Waals surface area contributed by atoms with E-state index in [1.54, 1.807) is 26.2 Å². The van der Waals surface area contributed by atoms with Crippen molar-refractivity contribution in [1.29, 1.82) is 0 Å². The molecule has 1 aliphatic heterocycles. The molecule has 0 amide bonds. The van der Waals surface area contributed by atoms with E-state index in [0.29, 0.717) is 23.1 Å². The molecule has 1 unspecified atom stereocenters. The molecule has 1 saturated carbocycles. The van der Waals surface area contributed by atoms with Crippen LogP contribution in [0.4, 0.5) is 0 Å². The Labute approximate surface area is 199 Å². The molecule has 0 spiro atoms. The highest BCUT2D eigenvalue weighted by Gasteiger charge is 2.55. The first-order chi connectivity index (χ1) is 16.1. The summed E-state index contributed by atoms with van der Waals surface area (Å²) < 4.78 is 11.3. The summed E-state index contributed by atoms with van der Waals surface area (Å²) in [4.78, 5) is 10.9. The van der Waals surface area contributed by atoms with Gasteiger partial charge < -0.3 is 24.4 Å². The fraction of sp³-hybridized carbons (Fsp3) is 0.500. The first-order valence-corrected chi connectivity index (χ1v) is 11.8. The fourth-order valence-corrected chi connectivity index (χ4v) is 5.04. The molecule has 2 aliphatic rings. The van der Waals surface area contributed by atoms with Gasteiger partial charge >= 0.3 is 0 Å². The Morgan fingerprint density at radius 3 is 2.35 bits per heavy atom. The van der Waals surface area contributed by atoms with E-state index in [1.807, 2.05) is 37.4 Å². The molecule has 2 N–H and O–H groups in total. The lowest BCUT2D eigenvalue weighted by Gasteiger charge is -2.55. The minimum atomic E-state index is -1.29. The number of benzene rings is 1. The van der Waals surface area contributed by atoms with Crippen molar-refractivity contribution in [3.05, 3.63) is 59.7 Å². The Morgan fingerprint density at radius 1 is 1.09 bits per heavy atom. The second-order valence-electron chi connectivity index (χ2n) is 10.6. The minimum Gasteiger partial charge on any atom is -0.490 e. The van der Waals surface area contributed by atoms with Crippen molar-refractivity contribution < 1.29 is 19.5 Å². The number of likely N-dealkylation sites (tertiary alicyclic amines) is 1. The van der Waals surface area contributed by atoms with Crippen LogP contribution in [0.2, 0.25) is 0 Å². The van der Waals surface area contributed by atoms with Crippen molar-refractivity contribution in [3.63, 3.8) is 0 Å². The highest BCUT2D eigenvalue weighted by molar-refractivity contribution is 5.56. The smallest absolute Gasteiger partial charge is 0.258 e. The summed E-state index contributed by atoms with van der Waals surface area (Å²) in [5.74, 6) is 1.26. The average molecular weight is 465 g/mol.